The van der Waals surface area contributed by atoms with Gasteiger partial charge in [-0.1, -0.05) is 18.2 Å². The third kappa shape index (κ3) is 4.11. The molecule has 0 spiro atoms. The van der Waals surface area contributed by atoms with Gasteiger partial charge >= 0.3 is 5.97 Å². The Morgan fingerprint density at radius 1 is 1.33 bits per heavy atom. The molecule has 0 N–H and O–H groups in total. The molecule has 0 heterocycles. The Hall–Kier alpha value is -1.38. The molecule has 1 rings (SSSR count). The van der Waals surface area contributed by atoms with Crippen LogP contribution in [0.5, 0.6) is 0 Å². The van der Waals surface area contributed by atoms with E-state index in [4.69, 9.17) is 4.74 Å². The highest BCUT2D eigenvalue weighted by atomic mass is 19.1. The molecule has 0 radical (unpaired) electrons. The fourth-order valence-electron chi connectivity index (χ4n) is 1.17. The topological polar surface area (TPSA) is 26.3 Å². The SMILES string of the molecule is CC(C)(C)OC(=O)Cc1ccccc1F. The van der Waals surface area contributed by atoms with Gasteiger partial charge in [-0.3, -0.25) is 4.79 Å². The van der Waals surface area contributed by atoms with Crippen LogP contribution in [0.15, 0.2) is 24.3 Å². The summed E-state index contributed by atoms with van der Waals surface area (Å²) < 4.78 is 18.3. The van der Waals surface area contributed by atoms with Crippen LogP contribution < -0.4 is 0 Å². The number of hydrogen-bond acceptors (Lipinski definition) is 2. The first-order chi connectivity index (χ1) is 6.88. The predicted molar refractivity (Wildman–Crippen MR) is 55.9 cm³/mol. The van der Waals surface area contributed by atoms with Gasteiger partial charge in [-0.05, 0) is 32.4 Å². The highest BCUT2D eigenvalue weighted by molar-refractivity contribution is 5.73. The first-order valence-corrected chi connectivity index (χ1v) is 4.84. The highest BCUT2D eigenvalue weighted by Gasteiger charge is 2.17. The van der Waals surface area contributed by atoms with Crippen LogP contribution in [-0.2, 0) is 16.0 Å². The zero-order valence-corrected chi connectivity index (χ0v) is 9.21. The predicted octanol–water partition coefficient (Wildman–Crippen LogP) is 2.71. The number of halogens is 1. The van der Waals surface area contributed by atoms with Gasteiger partial charge in [0.05, 0.1) is 6.42 Å². The molecule has 0 bridgehead atoms. The minimum atomic E-state index is -0.525. The standard InChI is InChI=1S/C12H15FO2/c1-12(2,3)15-11(14)8-9-6-4-5-7-10(9)13/h4-7H,8H2,1-3H3. The van der Waals surface area contributed by atoms with Gasteiger partial charge in [-0.15, -0.1) is 0 Å². The molecule has 0 amide bonds. The van der Waals surface area contributed by atoms with E-state index in [0.717, 1.165) is 0 Å². The first-order valence-electron chi connectivity index (χ1n) is 4.84. The van der Waals surface area contributed by atoms with E-state index in [9.17, 15) is 9.18 Å². The van der Waals surface area contributed by atoms with Crippen LogP contribution >= 0.6 is 0 Å². The monoisotopic (exact) mass is 210 g/mol. The number of esters is 1. The van der Waals surface area contributed by atoms with Crippen molar-refractivity contribution in [1.29, 1.82) is 0 Å². The highest BCUT2D eigenvalue weighted by Crippen LogP contribution is 2.12. The molecular formula is C12H15FO2. The maximum absolute atomic E-state index is 13.2. The lowest BCUT2D eigenvalue weighted by Gasteiger charge is -2.19. The quantitative estimate of drug-likeness (QED) is 0.701. The van der Waals surface area contributed by atoms with Gasteiger partial charge in [0, 0.05) is 0 Å². The zero-order valence-electron chi connectivity index (χ0n) is 9.21. The minimum absolute atomic E-state index is 0.0239. The van der Waals surface area contributed by atoms with Gasteiger partial charge in [0.2, 0.25) is 0 Å². The summed E-state index contributed by atoms with van der Waals surface area (Å²) in [7, 11) is 0. The van der Waals surface area contributed by atoms with Crippen molar-refractivity contribution in [2.24, 2.45) is 0 Å². The average molecular weight is 210 g/mol. The van der Waals surface area contributed by atoms with E-state index in [1.165, 1.54) is 6.07 Å². The minimum Gasteiger partial charge on any atom is -0.460 e. The second-order valence-corrected chi connectivity index (χ2v) is 4.35. The molecule has 0 aliphatic rings. The van der Waals surface area contributed by atoms with E-state index in [1.807, 2.05) is 0 Å². The van der Waals surface area contributed by atoms with Gasteiger partial charge in [-0.2, -0.15) is 0 Å². The van der Waals surface area contributed by atoms with Crippen LogP contribution in [-0.4, -0.2) is 11.6 Å². The molecule has 1 aromatic carbocycles. The molecular weight excluding hydrogens is 195 g/mol. The molecule has 15 heavy (non-hydrogen) atoms. The van der Waals surface area contributed by atoms with E-state index in [-0.39, 0.29) is 12.2 Å². The maximum Gasteiger partial charge on any atom is 0.310 e. The van der Waals surface area contributed by atoms with E-state index in [2.05, 4.69) is 0 Å². The van der Waals surface area contributed by atoms with Crippen LogP contribution in [0.1, 0.15) is 26.3 Å². The number of ether oxygens (including phenoxy) is 1. The average Bonchev–Trinajstić information content (AvgIpc) is 2.05. The van der Waals surface area contributed by atoms with Gasteiger partial charge in [-0.25, -0.2) is 4.39 Å². The van der Waals surface area contributed by atoms with Crippen molar-refractivity contribution in [3.8, 4) is 0 Å². The number of carbonyl (C=O) groups excluding carboxylic acids is 1. The summed E-state index contributed by atoms with van der Waals surface area (Å²) in [6.45, 7) is 5.35. The Morgan fingerprint density at radius 2 is 1.93 bits per heavy atom. The summed E-state index contributed by atoms with van der Waals surface area (Å²) in [6.07, 6.45) is -0.0239. The molecule has 1 aromatic rings. The summed E-state index contributed by atoms with van der Waals surface area (Å²) in [5.41, 5.74) is -0.158. The summed E-state index contributed by atoms with van der Waals surface area (Å²) in [5.74, 6) is -0.782. The largest absolute Gasteiger partial charge is 0.460 e. The van der Waals surface area contributed by atoms with Crippen LogP contribution in [0.25, 0.3) is 0 Å². The summed E-state index contributed by atoms with van der Waals surface area (Å²) >= 11 is 0. The summed E-state index contributed by atoms with van der Waals surface area (Å²) in [4.78, 5) is 11.4. The van der Waals surface area contributed by atoms with Crippen molar-refractivity contribution < 1.29 is 13.9 Å². The normalized spacial score (nSPS) is 11.2. The fourth-order valence-corrected chi connectivity index (χ4v) is 1.17. The molecule has 0 unspecified atom stereocenters. The Morgan fingerprint density at radius 3 is 2.47 bits per heavy atom. The third-order valence-electron chi connectivity index (χ3n) is 1.71. The van der Waals surface area contributed by atoms with Gasteiger partial charge in [0.1, 0.15) is 11.4 Å². The molecule has 0 aromatic heterocycles. The Bertz CT molecular complexity index is 353. The molecule has 0 atom stereocenters. The molecule has 82 valence electrons. The lowest BCUT2D eigenvalue weighted by Crippen LogP contribution is -2.25. The number of rotatable bonds is 2. The molecule has 0 saturated carbocycles. The van der Waals surface area contributed by atoms with Crippen LogP contribution in [0.4, 0.5) is 4.39 Å². The Kier molecular flexibility index (Phi) is 3.45. The van der Waals surface area contributed by atoms with Crippen LogP contribution in [0.2, 0.25) is 0 Å². The molecule has 0 aliphatic heterocycles. The van der Waals surface area contributed by atoms with E-state index < -0.39 is 11.6 Å². The second-order valence-electron chi connectivity index (χ2n) is 4.35. The Balaban J connectivity index is 2.64. The smallest absolute Gasteiger partial charge is 0.310 e. The van der Waals surface area contributed by atoms with E-state index in [1.54, 1.807) is 39.0 Å². The molecule has 2 nitrogen and oxygen atoms in total. The van der Waals surface area contributed by atoms with Crippen molar-refractivity contribution in [2.75, 3.05) is 0 Å². The number of carbonyl (C=O) groups is 1. The summed E-state index contributed by atoms with van der Waals surface area (Å²) in [5, 5.41) is 0. The van der Waals surface area contributed by atoms with Crippen molar-refractivity contribution in [2.45, 2.75) is 32.8 Å². The molecule has 3 heteroatoms. The Labute approximate surface area is 89.1 Å². The maximum atomic E-state index is 13.2. The van der Waals surface area contributed by atoms with Crippen LogP contribution in [0.3, 0.4) is 0 Å². The van der Waals surface area contributed by atoms with Crippen molar-refractivity contribution >= 4 is 5.97 Å². The number of benzene rings is 1. The van der Waals surface area contributed by atoms with Crippen molar-refractivity contribution in [3.05, 3.63) is 35.6 Å². The van der Waals surface area contributed by atoms with E-state index >= 15 is 0 Å². The molecule has 0 fully saturated rings. The van der Waals surface area contributed by atoms with Gasteiger partial charge < -0.3 is 4.74 Å². The number of hydrogen-bond donors (Lipinski definition) is 0. The first kappa shape index (κ1) is 11.7. The zero-order chi connectivity index (χ0) is 11.5. The van der Waals surface area contributed by atoms with E-state index in [0.29, 0.717) is 5.56 Å². The van der Waals surface area contributed by atoms with Crippen LogP contribution in [0, 0.1) is 5.82 Å². The molecule has 0 saturated heterocycles. The van der Waals surface area contributed by atoms with Gasteiger partial charge in [0.15, 0.2) is 0 Å². The van der Waals surface area contributed by atoms with Crippen molar-refractivity contribution in [1.82, 2.24) is 0 Å². The lowest BCUT2D eigenvalue weighted by atomic mass is 10.1. The second kappa shape index (κ2) is 4.43. The summed E-state index contributed by atoms with van der Waals surface area (Å²) in [6, 6.07) is 6.20. The lowest BCUT2D eigenvalue weighted by molar-refractivity contribution is -0.153. The fraction of sp³-hybridized carbons (Fsp3) is 0.417. The van der Waals surface area contributed by atoms with Crippen molar-refractivity contribution in [3.63, 3.8) is 0 Å². The van der Waals surface area contributed by atoms with Gasteiger partial charge in [0.25, 0.3) is 0 Å². The third-order valence-corrected chi connectivity index (χ3v) is 1.71. The molecule has 0 aliphatic carbocycles.